The number of phenols is 1. The predicted molar refractivity (Wildman–Crippen MR) is 42.6 cm³/mol. The van der Waals surface area contributed by atoms with Gasteiger partial charge in [-0.1, -0.05) is 18.2 Å². The summed E-state index contributed by atoms with van der Waals surface area (Å²) in [4.78, 5) is 0. The lowest BCUT2D eigenvalue weighted by Crippen LogP contribution is -1.56. The third-order valence-corrected chi connectivity index (χ3v) is 0.756. The lowest BCUT2D eigenvalue weighted by Gasteiger charge is -1.82. The van der Waals surface area contributed by atoms with Gasteiger partial charge in [-0.15, -0.1) is 0 Å². The highest BCUT2D eigenvalue weighted by Crippen LogP contribution is 2.02. The van der Waals surface area contributed by atoms with Crippen molar-refractivity contribution >= 4 is 0 Å². The maximum Gasteiger partial charge on any atom is 0.115 e. The van der Waals surface area contributed by atoms with E-state index in [-0.39, 0.29) is 21.9 Å². The summed E-state index contributed by atoms with van der Waals surface area (Å²) in [5.41, 5.74) is 0. The third-order valence-electron chi connectivity index (χ3n) is 0.756. The highest BCUT2D eigenvalue weighted by atomic mass is 16.3. The Balaban J connectivity index is -0.0000000612. The van der Waals surface area contributed by atoms with Crippen molar-refractivity contribution in [3.8, 4) is 5.75 Å². The van der Waals surface area contributed by atoms with Crippen LogP contribution in [0.1, 0.15) is 0 Å². The third kappa shape index (κ3) is 8.86. The minimum atomic E-state index is 0. The molecule has 0 atom stereocenters. The van der Waals surface area contributed by atoms with Gasteiger partial charge in [0.05, 0.1) is 0 Å². The highest BCUT2D eigenvalue weighted by Gasteiger charge is 1.74. The lowest BCUT2D eigenvalue weighted by molar-refractivity contribution is 0.475. The van der Waals surface area contributed by atoms with Gasteiger partial charge in [0.25, 0.3) is 0 Å². The van der Waals surface area contributed by atoms with Crippen molar-refractivity contribution in [1.82, 2.24) is 0 Å². The van der Waals surface area contributed by atoms with E-state index in [4.69, 9.17) is 5.11 Å². The maximum atomic E-state index is 8.63. The molecule has 0 fully saturated rings. The topological polar surface area (TPSA) is 146 Å². The summed E-state index contributed by atoms with van der Waals surface area (Å²) in [5.74, 6) is 0.322. The number of hydrogen-bond acceptors (Lipinski definition) is 1. The zero-order chi connectivity index (χ0) is 5.11. The number of benzene rings is 1. The largest absolute Gasteiger partial charge is 0.508 e. The average molecular weight is 166 g/mol. The number of phenolic OH excluding ortho intramolecular Hbond substituents is 1. The van der Waals surface area contributed by atoms with Crippen molar-refractivity contribution in [2.75, 3.05) is 0 Å². The van der Waals surface area contributed by atoms with Crippen molar-refractivity contribution in [2.45, 2.75) is 0 Å². The minimum absolute atomic E-state index is 0. The Kier molecular flexibility index (Phi) is 23.8. The molecule has 0 amide bonds. The van der Waals surface area contributed by atoms with Crippen LogP contribution in [0.3, 0.4) is 0 Å². The number of aromatic hydroxyl groups is 1. The number of rotatable bonds is 0. The average Bonchev–Trinajstić information content (AvgIpc) is 1.69. The van der Waals surface area contributed by atoms with E-state index in [0.29, 0.717) is 5.75 Å². The molecule has 9 N–H and O–H groups in total. The Morgan fingerprint density at radius 2 is 1.09 bits per heavy atom. The molecule has 0 unspecified atom stereocenters. The first-order valence-electron chi connectivity index (χ1n) is 2.13. The molecule has 0 heterocycles. The predicted octanol–water partition coefficient (Wildman–Crippen LogP) is -1.91. The summed E-state index contributed by atoms with van der Waals surface area (Å²) in [7, 11) is 0. The van der Waals surface area contributed by atoms with E-state index in [1.165, 1.54) is 0 Å². The van der Waals surface area contributed by atoms with Crippen LogP contribution in [0.15, 0.2) is 30.3 Å². The molecular weight excluding hydrogens is 152 g/mol. The van der Waals surface area contributed by atoms with Gasteiger partial charge in [0.15, 0.2) is 0 Å². The van der Waals surface area contributed by atoms with Gasteiger partial charge in [-0.2, -0.15) is 0 Å². The molecule has 0 aliphatic carbocycles. The smallest absolute Gasteiger partial charge is 0.115 e. The van der Waals surface area contributed by atoms with Crippen LogP contribution in [0.5, 0.6) is 5.75 Å². The standard InChI is InChI=1S/C6H6O.4H2O/c7-6-4-2-1-3-5-6;;;;/h1-5,7H;4*1H2. The van der Waals surface area contributed by atoms with Crippen LogP contribution in [0.2, 0.25) is 0 Å². The van der Waals surface area contributed by atoms with E-state index in [0.717, 1.165) is 0 Å². The van der Waals surface area contributed by atoms with E-state index in [1.807, 2.05) is 6.07 Å². The molecule has 0 saturated heterocycles. The molecule has 5 nitrogen and oxygen atoms in total. The van der Waals surface area contributed by atoms with Crippen LogP contribution in [0, 0.1) is 0 Å². The summed E-state index contributed by atoms with van der Waals surface area (Å²) in [5, 5.41) is 8.63. The van der Waals surface area contributed by atoms with Crippen LogP contribution < -0.4 is 0 Å². The molecule has 0 aliphatic rings. The lowest BCUT2D eigenvalue weighted by atomic mass is 10.3. The second kappa shape index (κ2) is 11.6. The number of para-hydroxylation sites is 1. The van der Waals surface area contributed by atoms with Crippen LogP contribution in [0.4, 0.5) is 0 Å². The van der Waals surface area contributed by atoms with Crippen molar-refractivity contribution in [3.05, 3.63) is 30.3 Å². The number of hydrogen-bond donors (Lipinski definition) is 1. The van der Waals surface area contributed by atoms with Crippen LogP contribution in [-0.4, -0.2) is 27.0 Å². The molecule has 5 heteroatoms. The Morgan fingerprint density at radius 3 is 1.27 bits per heavy atom. The first-order valence-corrected chi connectivity index (χ1v) is 2.13. The molecule has 0 spiro atoms. The Morgan fingerprint density at radius 1 is 0.727 bits per heavy atom. The quantitative estimate of drug-likeness (QED) is 0.470. The molecule has 0 radical (unpaired) electrons. The molecule has 1 aromatic carbocycles. The van der Waals surface area contributed by atoms with Gasteiger partial charge in [0.2, 0.25) is 0 Å². The van der Waals surface area contributed by atoms with E-state index in [1.54, 1.807) is 24.3 Å². The van der Waals surface area contributed by atoms with Crippen LogP contribution >= 0.6 is 0 Å². The van der Waals surface area contributed by atoms with Gasteiger partial charge in [-0.25, -0.2) is 0 Å². The molecule has 68 valence electrons. The molecule has 1 rings (SSSR count). The van der Waals surface area contributed by atoms with E-state index in [9.17, 15) is 0 Å². The summed E-state index contributed by atoms with van der Waals surface area (Å²) in [6, 6.07) is 8.71. The molecule has 0 aliphatic heterocycles. The van der Waals surface area contributed by atoms with Crippen molar-refractivity contribution in [2.24, 2.45) is 0 Å². The van der Waals surface area contributed by atoms with Crippen LogP contribution in [0.25, 0.3) is 0 Å². The first-order chi connectivity index (χ1) is 3.39. The van der Waals surface area contributed by atoms with Gasteiger partial charge in [-0.3, -0.25) is 0 Å². The van der Waals surface area contributed by atoms with E-state index >= 15 is 0 Å². The maximum absolute atomic E-state index is 8.63. The summed E-state index contributed by atoms with van der Waals surface area (Å²) < 4.78 is 0. The Labute approximate surface area is 64.1 Å². The highest BCUT2D eigenvalue weighted by molar-refractivity contribution is 5.18. The fourth-order valence-corrected chi connectivity index (χ4v) is 0.428. The van der Waals surface area contributed by atoms with Gasteiger partial charge in [0.1, 0.15) is 5.75 Å². The molecule has 0 saturated carbocycles. The van der Waals surface area contributed by atoms with Crippen molar-refractivity contribution in [3.63, 3.8) is 0 Å². The van der Waals surface area contributed by atoms with E-state index < -0.39 is 0 Å². The molecule has 1 aromatic rings. The molecule has 11 heavy (non-hydrogen) atoms. The molecule has 0 aromatic heterocycles. The Hall–Kier alpha value is -1.14. The van der Waals surface area contributed by atoms with E-state index in [2.05, 4.69) is 0 Å². The first kappa shape index (κ1) is 22.5. The normalized spacial score (nSPS) is 5.45. The fourth-order valence-electron chi connectivity index (χ4n) is 0.428. The Bertz CT molecular complexity index is 141. The second-order valence-corrected chi connectivity index (χ2v) is 1.34. The van der Waals surface area contributed by atoms with Gasteiger partial charge >= 0.3 is 0 Å². The molecular formula is C6H14O5. The summed E-state index contributed by atoms with van der Waals surface area (Å²) in [6.07, 6.45) is 0. The minimum Gasteiger partial charge on any atom is -0.508 e. The summed E-state index contributed by atoms with van der Waals surface area (Å²) in [6.45, 7) is 0. The SMILES string of the molecule is O.O.O.O.Oc1ccccc1. The molecule has 0 bridgehead atoms. The second-order valence-electron chi connectivity index (χ2n) is 1.34. The van der Waals surface area contributed by atoms with Crippen molar-refractivity contribution in [1.29, 1.82) is 0 Å². The zero-order valence-electron chi connectivity index (χ0n) is 5.83. The van der Waals surface area contributed by atoms with Gasteiger partial charge in [0, 0.05) is 0 Å². The summed E-state index contributed by atoms with van der Waals surface area (Å²) >= 11 is 0. The van der Waals surface area contributed by atoms with Gasteiger partial charge < -0.3 is 27.0 Å². The fraction of sp³-hybridized carbons (Fsp3) is 0. The van der Waals surface area contributed by atoms with Gasteiger partial charge in [-0.05, 0) is 12.1 Å². The van der Waals surface area contributed by atoms with Crippen molar-refractivity contribution < 1.29 is 27.0 Å². The van der Waals surface area contributed by atoms with Crippen LogP contribution in [-0.2, 0) is 0 Å². The monoisotopic (exact) mass is 166 g/mol. The zero-order valence-corrected chi connectivity index (χ0v) is 5.83.